The minimum Gasteiger partial charge on any atom is -0.349 e. The summed E-state index contributed by atoms with van der Waals surface area (Å²) in [5, 5.41) is 0. The van der Waals surface area contributed by atoms with Crippen LogP contribution in [0.5, 0.6) is 0 Å². The van der Waals surface area contributed by atoms with Crippen molar-refractivity contribution in [3.8, 4) is 0 Å². The van der Waals surface area contributed by atoms with Gasteiger partial charge in [0.15, 0.2) is 0 Å². The Morgan fingerprint density at radius 3 is 2.50 bits per heavy atom. The Bertz CT molecular complexity index is 446. The molecule has 2 atom stereocenters. The van der Waals surface area contributed by atoms with E-state index in [1.807, 2.05) is 0 Å². The third kappa shape index (κ3) is 2.28. The molecule has 1 spiro atoms. The molecule has 0 aromatic heterocycles. The number of sulfonamides is 1. The number of amides is 1. The van der Waals surface area contributed by atoms with Crippen molar-refractivity contribution in [2.45, 2.75) is 25.7 Å². The van der Waals surface area contributed by atoms with E-state index in [-0.39, 0.29) is 17.2 Å². The van der Waals surface area contributed by atoms with Gasteiger partial charge < -0.3 is 4.90 Å². The molecule has 0 aromatic carbocycles. The number of nitrogens with zero attached hydrogens (tertiary/aromatic N) is 2. The van der Waals surface area contributed by atoms with Crippen molar-refractivity contribution in [2.24, 2.45) is 11.3 Å². The smallest absolute Gasteiger partial charge is 0.225 e. The molecule has 18 heavy (non-hydrogen) atoms. The normalized spacial score (nSPS) is 33.2. The number of carbonyl (C=O) groups excluding carboxylic acids is 1. The van der Waals surface area contributed by atoms with E-state index in [0.29, 0.717) is 13.1 Å². The predicted octanol–water partition coefficient (Wildman–Crippen LogP) is 0.526. The molecular weight excluding hydrogens is 252 g/mol. The largest absolute Gasteiger partial charge is 0.349 e. The van der Waals surface area contributed by atoms with Crippen molar-refractivity contribution in [1.82, 2.24) is 9.21 Å². The maximum absolute atomic E-state index is 12.2. The first-order chi connectivity index (χ1) is 8.26. The Hall–Kier alpha value is -0.620. The molecule has 1 heterocycles. The summed E-state index contributed by atoms with van der Waals surface area (Å²) in [6.07, 6.45) is 4.98. The van der Waals surface area contributed by atoms with Gasteiger partial charge in [-0.3, -0.25) is 4.79 Å². The van der Waals surface area contributed by atoms with E-state index >= 15 is 0 Å². The maximum atomic E-state index is 12.2. The van der Waals surface area contributed by atoms with Crippen LogP contribution in [0.2, 0.25) is 0 Å². The first-order valence-electron chi connectivity index (χ1n) is 6.43. The Balaban J connectivity index is 2.20. The van der Waals surface area contributed by atoms with Crippen molar-refractivity contribution < 1.29 is 13.2 Å². The Labute approximate surface area is 109 Å². The molecule has 0 N–H and O–H groups in total. The highest BCUT2D eigenvalue weighted by Crippen LogP contribution is 2.50. The lowest BCUT2D eigenvalue weighted by Gasteiger charge is -2.31. The van der Waals surface area contributed by atoms with Crippen molar-refractivity contribution in [3.63, 3.8) is 0 Å². The highest BCUT2D eigenvalue weighted by atomic mass is 32.2. The molecule has 1 saturated carbocycles. The fourth-order valence-electron chi connectivity index (χ4n) is 3.46. The monoisotopic (exact) mass is 274 g/mol. The van der Waals surface area contributed by atoms with E-state index in [4.69, 9.17) is 0 Å². The average molecular weight is 274 g/mol. The van der Waals surface area contributed by atoms with Gasteiger partial charge in [0.2, 0.25) is 15.9 Å². The van der Waals surface area contributed by atoms with Crippen LogP contribution < -0.4 is 0 Å². The van der Waals surface area contributed by atoms with Gasteiger partial charge in [-0.05, 0) is 24.7 Å². The minimum absolute atomic E-state index is 0.000694. The lowest BCUT2D eigenvalue weighted by molar-refractivity contribution is -0.136. The Morgan fingerprint density at radius 1 is 1.33 bits per heavy atom. The molecule has 2 aliphatic rings. The summed E-state index contributed by atoms with van der Waals surface area (Å²) >= 11 is 0. The van der Waals surface area contributed by atoms with Crippen LogP contribution in [0.25, 0.3) is 0 Å². The summed E-state index contributed by atoms with van der Waals surface area (Å²) in [4.78, 5) is 13.9. The molecule has 2 fully saturated rings. The van der Waals surface area contributed by atoms with Crippen LogP contribution in [0, 0.1) is 11.3 Å². The standard InChI is InChI=1S/C12H22N2O3S/c1-13(2)11(15)10-5-4-6-12(10)7-8-14(9-12)18(3,16)17/h10H,4-9H2,1-3H3/t10-,12+/m1/s1. The molecule has 104 valence electrons. The predicted molar refractivity (Wildman–Crippen MR) is 69.5 cm³/mol. The zero-order valence-electron chi connectivity index (χ0n) is 11.3. The fourth-order valence-corrected chi connectivity index (χ4v) is 4.38. The van der Waals surface area contributed by atoms with Gasteiger partial charge in [-0.1, -0.05) is 6.42 Å². The average Bonchev–Trinajstić information content (AvgIpc) is 2.85. The van der Waals surface area contributed by atoms with Crippen LogP contribution in [0.3, 0.4) is 0 Å². The van der Waals surface area contributed by atoms with Crippen LogP contribution in [0.4, 0.5) is 0 Å². The van der Waals surface area contributed by atoms with Crippen molar-refractivity contribution >= 4 is 15.9 Å². The van der Waals surface area contributed by atoms with E-state index < -0.39 is 10.0 Å². The lowest BCUT2D eigenvalue weighted by atomic mass is 9.76. The first kappa shape index (κ1) is 13.8. The molecule has 1 saturated heterocycles. The zero-order valence-corrected chi connectivity index (χ0v) is 12.2. The minimum atomic E-state index is -3.13. The molecule has 6 heteroatoms. The van der Waals surface area contributed by atoms with Gasteiger partial charge in [-0.25, -0.2) is 12.7 Å². The van der Waals surface area contributed by atoms with Gasteiger partial charge in [-0.2, -0.15) is 0 Å². The fraction of sp³-hybridized carbons (Fsp3) is 0.917. The third-order valence-electron chi connectivity index (χ3n) is 4.46. The van der Waals surface area contributed by atoms with Crippen LogP contribution in [0.15, 0.2) is 0 Å². The van der Waals surface area contributed by atoms with Crippen LogP contribution in [-0.2, 0) is 14.8 Å². The first-order valence-corrected chi connectivity index (χ1v) is 8.27. The molecule has 0 aromatic rings. The molecule has 0 radical (unpaired) electrons. The summed E-state index contributed by atoms with van der Waals surface area (Å²) in [6, 6.07) is 0. The second-order valence-electron chi connectivity index (χ2n) is 5.89. The molecule has 2 rings (SSSR count). The topological polar surface area (TPSA) is 57.7 Å². The third-order valence-corrected chi connectivity index (χ3v) is 5.71. The van der Waals surface area contributed by atoms with Gasteiger partial charge in [0.05, 0.1) is 6.26 Å². The number of carbonyl (C=O) groups is 1. The van der Waals surface area contributed by atoms with Crippen molar-refractivity contribution in [1.29, 1.82) is 0 Å². The number of rotatable bonds is 2. The van der Waals surface area contributed by atoms with Crippen LogP contribution in [0.1, 0.15) is 25.7 Å². The molecule has 1 aliphatic carbocycles. The Kier molecular flexibility index (Phi) is 3.44. The summed E-state index contributed by atoms with van der Waals surface area (Å²) in [5.74, 6) is 0.155. The van der Waals surface area contributed by atoms with E-state index in [1.54, 1.807) is 19.0 Å². The number of hydrogen-bond donors (Lipinski definition) is 0. The van der Waals surface area contributed by atoms with Gasteiger partial charge in [0, 0.05) is 33.1 Å². The van der Waals surface area contributed by atoms with Gasteiger partial charge in [0.25, 0.3) is 0 Å². The summed E-state index contributed by atoms with van der Waals surface area (Å²) in [5.41, 5.74) is -0.107. The molecule has 1 amide bonds. The highest BCUT2D eigenvalue weighted by Gasteiger charge is 2.52. The number of hydrogen-bond acceptors (Lipinski definition) is 3. The van der Waals surface area contributed by atoms with Gasteiger partial charge in [-0.15, -0.1) is 0 Å². The second-order valence-corrected chi connectivity index (χ2v) is 7.87. The van der Waals surface area contributed by atoms with E-state index in [0.717, 1.165) is 25.7 Å². The van der Waals surface area contributed by atoms with Crippen LogP contribution in [-0.4, -0.2) is 57.0 Å². The summed E-state index contributed by atoms with van der Waals surface area (Å²) in [7, 11) is 0.424. The molecule has 0 unspecified atom stereocenters. The summed E-state index contributed by atoms with van der Waals surface area (Å²) < 4.78 is 24.8. The maximum Gasteiger partial charge on any atom is 0.225 e. The quantitative estimate of drug-likeness (QED) is 0.738. The van der Waals surface area contributed by atoms with Gasteiger partial charge >= 0.3 is 0 Å². The summed E-state index contributed by atoms with van der Waals surface area (Å²) in [6.45, 7) is 1.09. The van der Waals surface area contributed by atoms with Gasteiger partial charge in [0.1, 0.15) is 0 Å². The van der Waals surface area contributed by atoms with E-state index in [9.17, 15) is 13.2 Å². The molecule has 5 nitrogen and oxygen atoms in total. The SMILES string of the molecule is CN(C)C(=O)[C@H]1CCC[C@@]12CCN(S(C)(=O)=O)C2. The molecular formula is C12H22N2O3S. The van der Waals surface area contributed by atoms with Crippen LogP contribution >= 0.6 is 0 Å². The van der Waals surface area contributed by atoms with Crippen molar-refractivity contribution in [2.75, 3.05) is 33.4 Å². The zero-order chi connectivity index (χ0) is 13.6. The highest BCUT2D eigenvalue weighted by molar-refractivity contribution is 7.88. The molecule has 0 bridgehead atoms. The molecule has 1 aliphatic heterocycles. The van der Waals surface area contributed by atoms with E-state index in [2.05, 4.69) is 0 Å². The van der Waals surface area contributed by atoms with Crippen molar-refractivity contribution in [3.05, 3.63) is 0 Å². The Morgan fingerprint density at radius 2 is 2.00 bits per heavy atom. The lowest BCUT2D eigenvalue weighted by Crippen LogP contribution is -2.40. The van der Waals surface area contributed by atoms with E-state index in [1.165, 1.54) is 10.6 Å². The second kappa shape index (κ2) is 4.49.